The Balaban J connectivity index is 2.16. The minimum absolute atomic E-state index is 0.0172. The second kappa shape index (κ2) is 9.61. The first-order chi connectivity index (χ1) is 15.0. The van der Waals surface area contributed by atoms with Crippen molar-refractivity contribution in [3.8, 4) is 17.2 Å². The van der Waals surface area contributed by atoms with Gasteiger partial charge in [0.05, 0.1) is 27.0 Å². The first kappa shape index (κ1) is 22.3. The van der Waals surface area contributed by atoms with Crippen LogP contribution in [-0.4, -0.2) is 49.7 Å². The van der Waals surface area contributed by atoms with Crippen LogP contribution in [0, 0.1) is 0 Å². The molecule has 0 atom stereocenters. The summed E-state index contributed by atoms with van der Waals surface area (Å²) >= 11 is 5.51. The number of thiocarbonyl (C=S) groups is 1. The molecule has 162 valence electrons. The van der Waals surface area contributed by atoms with E-state index in [4.69, 9.17) is 26.4 Å². The zero-order chi connectivity index (χ0) is 22.5. The third-order valence-electron chi connectivity index (χ3n) is 4.83. The molecule has 7 nitrogen and oxygen atoms in total. The lowest BCUT2D eigenvalue weighted by molar-refractivity contribution is -0.127. The summed E-state index contributed by atoms with van der Waals surface area (Å²) in [7, 11) is 4.53. The molecule has 0 bridgehead atoms. The lowest BCUT2D eigenvalue weighted by Gasteiger charge is -2.36. The molecule has 0 spiro atoms. The fourth-order valence-electron chi connectivity index (χ4n) is 3.32. The largest absolute Gasteiger partial charge is 0.496 e. The van der Waals surface area contributed by atoms with E-state index in [1.165, 1.54) is 37.2 Å². The predicted molar refractivity (Wildman–Crippen MR) is 123 cm³/mol. The average molecular weight is 441 g/mol. The van der Waals surface area contributed by atoms with Gasteiger partial charge in [0.25, 0.3) is 11.8 Å². The number of amides is 2. The fourth-order valence-corrected chi connectivity index (χ4v) is 3.68. The molecular formula is C23H24N2O5S. The van der Waals surface area contributed by atoms with Gasteiger partial charge in [-0.3, -0.25) is 19.4 Å². The smallest absolute Gasteiger partial charge is 0.270 e. The SMILES string of the molecule is CCCN1C(=O)/C(=C\c2cc(OC)c(OC)cc2OC)C(=O)N(c2ccccc2)C1=S. The van der Waals surface area contributed by atoms with E-state index in [1.54, 1.807) is 24.3 Å². The van der Waals surface area contributed by atoms with Crippen molar-refractivity contribution in [1.29, 1.82) is 0 Å². The van der Waals surface area contributed by atoms with E-state index in [0.717, 1.165) is 0 Å². The van der Waals surface area contributed by atoms with Crippen molar-refractivity contribution in [2.75, 3.05) is 32.8 Å². The van der Waals surface area contributed by atoms with Crippen LogP contribution in [0.4, 0.5) is 5.69 Å². The van der Waals surface area contributed by atoms with E-state index in [0.29, 0.717) is 41.5 Å². The van der Waals surface area contributed by atoms with E-state index < -0.39 is 11.8 Å². The van der Waals surface area contributed by atoms with Crippen LogP contribution in [0.25, 0.3) is 6.08 Å². The molecule has 8 heteroatoms. The Morgan fingerprint density at radius 3 is 2.10 bits per heavy atom. The van der Waals surface area contributed by atoms with Crippen molar-refractivity contribution in [2.24, 2.45) is 0 Å². The molecule has 1 saturated heterocycles. The molecule has 1 fully saturated rings. The lowest BCUT2D eigenvalue weighted by Crippen LogP contribution is -2.56. The highest BCUT2D eigenvalue weighted by Crippen LogP contribution is 2.36. The number of carbonyl (C=O) groups excluding carboxylic acids is 2. The van der Waals surface area contributed by atoms with E-state index in [9.17, 15) is 9.59 Å². The maximum atomic E-state index is 13.4. The summed E-state index contributed by atoms with van der Waals surface area (Å²) in [6.45, 7) is 2.34. The second-order valence-corrected chi connectivity index (χ2v) is 7.09. The van der Waals surface area contributed by atoms with Gasteiger partial charge < -0.3 is 14.2 Å². The second-order valence-electron chi connectivity index (χ2n) is 6.72. The molecular weight excluding hydrogens is 416 g/mol. The summed E-state index contributed by atoms with van der Waals surface area (Å²) in [6.07, 6.45) is 2.20. The monoisotopic (exact) mass is 440 g/mol. The van der Waals surface area contributed by atoms with E-state index in [1.807, 2.05) is 25.1 Å². The quantitative estimate of drug-likeness (QED) is 0.372. The standard InChI is InChI=1S/C23H24N2O5S/c1-5-11-24-21(26)17(22(27)25(23(24)31)16-9-7-6-8-10-16)12-15-13-19(29-3)20(30-4)14-18(15)28-2/h6-10,12-14H,5,11H2,1-4H3/b17-12+. The molecule has 2 aromatic carbocycles. The van der Waals surface area contributed by atoms with Crippen molar-refractivity contribution in [1.82, 2.24) is 4.90 Å². The molecule has 1 heterocycles. The number of ether oxygens (including phenoxy) is 3. The topological polar surface area (TPSA) is 68.3 Å². The van der Waals surface area contributed by atoms with Crippen molar-refractivity contribution in [3.05, 3.63) is 53.6 Å². The Hall–Kier alpha value is -3.39. The minimum atomic E-state index is -0.495. The number of methoxy groups -OCH3 is 3. The molecule has 0 N–H and O–H groups in total. The Bertz CT molecular complexity index is 1040. The van der Waals surface area contributed by atoms with Crippen LogP contribution in [0.3, 0.4) is 0 Å². The molecule has 0 unspecified atom stereocenters. The number of nitrogens with zero attached hydrogens (tertiary/aromatic N) is 2. The van der Waals surface area contributed by atoms with Gasteiger partial charge >= 0.3 is 0 Å². The molecule has 3 rings (SSSR count). The Kier molecular flexibility index (Phi) is 6.91. The number of rotatable bonds is 7. The van der Waals surface area contributed by atoms with Gasteiger partial charge in [0.1, 0.15) is 11.3 Å². The molecule has 0 aliphatic carbocycles. The van der Waals surface area contributed by atoms with Gasteiger partial charge in [0, 0.05) is 18.2 Å². The number of benzene rings is 2. The molecule has 1 aliphatic heterocycles. The molecule has 0 saturated carbocycles. The van der Waals surface area contributed by atoms with Gasteiger partial charge in [-0.05, 0) is 42.9 Å². The molecule has 1 aliphatic rings. The first-order valence-corrected chi connectivity index (χ1v) is 10.1. The maximum absolute atomic E-state index is 13.4. The van der Waals surface area contributed by atoms with Crippen LogP contribution in [0.15, 0.2) is 48.0 Å². The summed E-state index contributed by atoms with van der Waals surface area (Å²) in [6, 6.07) is 12.3. The summed E-state index contributed by atoms with van der Waals surface area (Å²) < 4.78 is 16.1. The summed E-state index contributed by atoms with van der Waals surface area (Å²) in [5.74, 6) is 0.424. The number of para-hydroxylation sites is 1. The highest BCUT2D eigenvalue weighted by atomic mass is 32.1. The van der Waals surface area contributed by atoms with Crippen molar-refractivity contribution >= 4 is 40.9 Å². The Labute approximate surface area is 186 Å². The van der Waals surface area contributed by atoms with Crippen LogP contribution in [-0.2, 0) is 9.59 Å². The third kappa shape index (κ3) is 4.25. The normalized spacial score (nSPS) is 15.5. The maximum Gasteiger partial charge on any atom is 0.270 e. The van der Waals surface area contributed by atoms with Gasteiger partial charge in [0.2, 0.25) is 0 Å². The third-order valence-corrected chi connectivity index (χ3v) is 5.23. The van der Waals surface area contributed by atoms with Crippen molar-refractivity contribution in [3.63, 3.8) is 0 Å². The fraction of sp³-hybridized carbons (Fsp3) is 0.261. The minimum Gasteiger partial charge on any atom is -0.496 e. The summed E-state index contributed by atoms with van der Waals surface area (Å²) in [5, 5.41) is 0.166. The van der Waals surface area contributed by atoms with Gasteiger partial charge in [0.15, 0.2) is 16.6 Å². The van der Waals surface area contributed by atoms with Crippen LogP contribution in [0.1, 0.15) is 18.9 Å². The highest BCUT2D eigenvalue weighted by molar-refractivity contribution is 7.80. The number of hydrogen-bond donors (Lipinski definition) is 0. The molecule has 0 radical (unpaired) electrons. The van der Waals surface area contributed by atoms with Crippen LogP contribution >= 0.6 is 12.2 Å². The first-order valence-electron chi connectivity index (χ1n) is 9.73. The zero-order valence-electron chi connectivity index (χ0n) is 17.9. The van der Waals surface area contributed by atoms with Gasteiger partial charge in [-0.15, -0.1) is 0 Å². The molecule has 2 aromatic rings. The molecule has 0 aromatic heterocycles. The zero-order valence-corrected chi connectivity index (χ0v) is 18.7. The number of anilines is 1. The van der Waals surface area contributed by atoms with Crippen LogP contribution < -0.4 is 19.1 Å². The highest BCUT2D eigenvalue weighted by Gasteiger charge is 2.40. The van der Waals surface area contributed by atoms with Crippen LogP contribution in [0.5, 0.6) is 17.2 Å². The molecule has 2 amide bonds. The van der Waals surface area contributed by atoms with Gasteiger partial charge in [-0.25, -0.2) is 0 Å². The predicted octanol–water partition coefficient (Wildman–Crippen LogP) is 3.67. The van der Waals surface area contributed by atoms with Crippen molar-refractivity contribution < 1.29 is 23.8 Å². The van der Waals surface area contributed by atoms with E-state index >= 15 is 0 Å². The Morgan fingerprint density at radius 2 is 1.52 bits per heavy atom. The molecule has 31 heavy (non-hydrogen) atoms. The van der Waals surface area contributed by atoms with Gasteiger partial charge in [-0.1, -0.05) is 25.1 Å². The number of carbonyl (C=O) groups is 2. The van der Waals surface area contributed by atoms with Crippen molar-refractivity contribution in [2.45, 2.75) is 13.3 Å². The van der Waals surface area contributed by atoms with Gasteiger partial charge in [-0.2, -0.15) is 0 Å². The van der Waals surface area contributed by atoms with E-state index in [2.05, 4.69) is 0 Å². The number of hydrogen-bond acceptors (Lipinski definition) is 6. The summed E-state index contributed by atoms with van der Waals surface area (Å²) in [5.41, 5.74) is 1.09. The average Bonchev–Trinajstić information content (AvgIpc) is 2.79. The van der Waals surface area contributed by atoms with Crippen LogP contribution in [0.2, 0.25) is 0 Å². The summed E-state index contributed by atoms with van der Waals surface area (Å²) in [4.78, 5) is 29.5. The van der Waals surface area contributed by atoms with E-state index in [-0.39, 0.29) is 10.7 Å². The Morgan fingerprint density at radius 1 is 0.903 bits per heavy atom. The lowest BCUT2D eigenvalue weighted by atomic mass is 10.0.